The number of hydrogen-bond donors (Lipinski definition) is 2. The van der Waals surface area contributed by atoms with E-state index < -0.39 is 0 Å². The molecule has 5 heteroatoms. The summed E-state index contributed by atoms with van der Waals surface area (Å²) < 4.78 is 0. The quantitative estimate of drug-likeness (QED) is 0.774. The van der Waals surface area contributed by atoms with Crippen LogP contribution in [0, 0.1) is 6.92 Å². The molecule has 0 atom stereocenters. The molecule has 116 valence electrons. The van der Waals surface area contributed by atoms with Crippen LogP contribution in [0.2, 0.25) is 5.02 Å². The van der Waals surface area contributed by atoms with E-state index in [1.165, 1.54) is 0 Å². The van der Waals surface area contributed by atoms with Crippen molar-refractivity contribution in [3.63, 3.8) is 0 Å². The summed E-state index contributed by atoms with van der Waals surface area (Å²) in [7, 11) is 0. The van der Waals surface area contributed by atoms with Gasteiger partial charge >= 0.3 is 0 Å². The maximum absolute atomic E-state index is 12.2. The van der Waals surface area contributed by atoms with Crippen LogP contribution in [0.4, 0.5) is 0 Å². The smallest absolute Gasteiger partial charge is 0.253 e. The summed E-state index contributed by atoms with van der Waals surface area (Å²) in [6.07, 6.45) is 0. The molecule has 0 fully saturated rings. The van der Waals surface area contributed by atoms with Gasteiger partial charge in [-0.2, -0.15) is 0 Å². The van der Waals surface area contributed by atoms with Crippen LogP contribution in [-0.2, 0) is 6.54 Å². The monoisotopic (exact) mass is 326 g/mol. The number of amides is 1. The summed E-state index contributed by atoms with van der Waals surface area (Å²) in [5, 5.41) is 4.22. The van der Waals surface area contributed by atoms with Crippen LogP contribution in [-0.4, -0.2) is 10.9 Å². The molecule has 1 aromatic heterocycles. The number of pyridine rings is 1. The number of carbonyl (C=O) groups excluding carboxylic acids is 1. The van der Waals surface area contributed by atoms with Gasteiger partial charge in [-0.05, 0) is 48.2 Å². The third-order valence-corrected chi connectivity index (χ3v) is 4.00. The lowest BCUT2D eigenvalue weighted by Gasteiger charge is -2.08. The van der Waals surface area contributed by atoms with Crippen LogP contribution in [0.1, 0.15) is 21.5 Å². The number of carbonyl (C=O) groups is 1. The van der Waals surface area contributed by atoms with Crippen molar-refractivity contribution in [3.05, 3.63) is 80.6 Å². The van der Waals surface area contributed by atoms with E-state index in [2.05, 4.69) is 10.3 Å². The standard InChI is InChI=1S/C18H15ClN2O2/c1-11-8-13-9-12(6-7-16(13)21-17(11)22)10-20-18(23)14-4-2-3-5-15(14)19/h2-9H,10H2,1H3,(H,20,23)(H,21,22). The fourth-order valence-electron chi connectivity index (χ4n) is 2.40. The van der Waals surface area contributed by atoms with E-state index in [0.29, 0.717) is 22.7 Å². The number of nitrogens with one attached hydrogen (secondary N) is 2. The molecule has 3 aromatic rings. The van der Waals surface area contributed by atoms with Crippen molar-refractivity contribution in [1.82, 2.24) is 10.3 Å². The average Bonchev–Trinajstić information content (AvgIpc) is 2.54. The molecule has 0 unspecified atom stereocenters. The highest BCUT2D eigenvalue weighted by Crippen LogP contribution is 2.16. The van der Waals surface area contributed by atoms with Gasteiger partial charge in [0.05, 0.1) is 10.6 Å². The van der Waals surface area contributed by atoms with Gasteiger partial charge in [0.25, 0.3) is 11.5 Å². The summed E-state index contributed by atoms with van der Waals surface area (Å²) in [4.78, 5) is 26.6. The predicted molar refractivity (Wildman–Crippen MR) is 91.9 cm³/mol. The summed E-state index contributed by atoms with van der Waals surface area (Å²) in [5.74, 6) is -0.214. The zero-order valence-corrected chi connectivity index (χ0v) is 13.3. The second-order valence-corrected chi connectivity index (χ2v) is 5.77. The molecular weight excluding hydrogens is 312 g/mol. The van der Waals surface area contributed by atoms with Gasteiger partial charge in [-0.25, -0.2) is 0 Å². The van der Waals surface area contributed by atoms with Gasteiger partial charge in [-0.15, -0.1) is 0 Å². The number of hydrogen-bond acceptors (Lipinski definition) is 2. The fourth-order valence-corrected chi connectivity index (χ4v) is 2.62. The number of aryl methyl sites for hydroxylation is 1. The lowest BCUT2D eigenvalue weighted by Crippen LogP contribution is -2.23. The first kappa shape index (κ1) is 15.3. The first-order valence-electron chi connectivity index (χ1n) is 7.20. The second-order valence-electron chi connectivity index (χ2n) is 5.37. The average molecular weight is 327 g/mol. The molecule has 0 aliphatic carbocycles. The number of H-pyrrole nitrogens is 1. The van der Waals surface area contributed by atoms with Crippen LogP contribution < -0.4 is 10.9 Å². The van der Waals surface area contributed by atoms with Gasteiger partial charge in [0.2, 0.25) is 0 Å². The molecule has 0 bridgehead atoms. The van der Waals surface area contributed by atoms with Gasteiger partial charge in [0.1, 0.15) is 0 Å². The topological polar surface area (TPSA) is 62.0 Å². The molecule has 23 heavy (non-hydrogen) atoms. The van der Waals surface area contributed by atoms with E-state index in [0.717, 1.165) is 16.5 Å². The van der Waals surface area contributed by atoms with E-state index >= 15 is 0 Å². The van der Waals surface area contributed by atoms with Gasteiger partial charge < -0.3 is 10.3 Å². The Kier molecular flexibility index (Phi) is 4.17. The van der Waals surface area contributed by atoms with E-state index in [1.807, 2.05) is 24.3 Å². The highest BCUT2D eigenvalue weighted by Gasteiger charge is 2.09. The summed E-state index contributed by atoms with van der Waals surface area (Å²) in [6.45, 7) is 2.16. The molecule has 0 spiro atoms. The highest BCUT2D eigenvalue weighted by molar-refractivity contribution is 6.33. The minimum Gasteiger partial charge on any atom is -0.348 e. The van der Waals surface area contributed by atoms with Gasteiger partial charge in [0, 0.05) is 17.6 Å². The van der Waals surface area contributed by atoms with Crippen molar-refractivity contribution >= 4 is 28.4 Å². The molecule has 3 rings (SSSR count). The lowest BCUT2D eigenvalue weighted by atomic mass is 10.1. The Morgan fingerprint density at radius 1 is 1.17 bits per heavy atom. The van der Waals surface area contributed by atoms with Gasteiger partial charge in [0.15, 0.2) is 0 Å². The number of aromatic nitrogens is 1. The molecule has 0 saturated heterocycles. The van der Waals surface area contributed by atoms with Crippen LogP contribution >= 0.6 is 11.6 Å². The lowest BCUT2D eigenvalue weighted by molar-refractivity contribution is 0.0951. The first-order chi connectivity index (χ1) is 11.0. The molecule has 2 N–H and O–H groups in total. The van der Waals surface area contributed by atoms with Crippen molar-refractivity contribution in [2.75, 3.05) is 0 Å². The Labute approximate surface area is 138 Å². The Hall–Kier alpha value is -2.59. The third kappa shape index (κ3) is 3.27. The number of fused-ring (bicyclic) bond motifs is 1. The highest BCUT2D eigenvalue weighted by atomic mass is 35.5. The Morgan fingerprint density at radius 2 is 1.96 bits per heavy atom. The molecule has 0 aliphatic rings. The van der Waals surface area contributed by atoms with Crippen molar-refractivity contribution in [1.29, 1.82) is 0 Å². The predicted octanol–water partition coefficient (Wildman–Crippen LogP) is 3.42. The zero-order valence-electron chi connectivity index (χ0n) is 12.5. The fraction of sp³-hybridized carbons (Fsp3) is 0.111. The van der Waals surface area contributed by atoms with Crippen LogP contribution in [0.3, 0.4) is 0 Å². The van der Waals surface area contributed by atoms with Crippen molar-refractivity contribution in [2.24, 2.45) is 0 Å². The number of halogens is 1. The Morgan fingerprint density at radius 3 is 2.74 bits per heavy atom. The van der Waals surface area contributed by atoms with Crippen molar-refractivity contribution in [2.45, 2.75) is 13.5 Å². The number of aromatic amines is 1. The zero-order chi connectivity index (χ0) is 16.4. The molecule has 0 saturated carbocycles. The maximum atomic E-state index is 12.2. The molecule has 2 aromatic carbocycles. The first-order valence-corrected chi connectivity index (χ1v) is 7.58. The van der Waals surface area contributed by atoms with E-state index in [9.17, 15) is 9.59 Å². The Bertz CT molecular complexity index is 947. The third-order valence-electron chi connectivity index (χ3n) is 3.67. The Balaban J connectivity index is 1.79. The number of benzene rings is 2. The summed E-state index contributed by atoms with van der Waals surface area (Å²) >= 11 is 6.02. The van der Waals surface area contributed by atoms with Gasteiger partial charge in [-0.1, -0.05) is 29.8 Å². The van der Waals surface area contributed by atoms with Crippen LogP contribution in [0.15, 0.2) is 53.3 Å². The normalized spacial score (nSPS) is 10.7. The van der Waals surface area contributed by atoms with Crippen LogP contribution in [0.5, 0.6) is 0 Å². The molecular formula is C18H15ClN2O2. The molecule has 0 radical (unpaired) electrons. The van der Waals surface area contributed by atoms with Crippen molar-refractivity contribution < 1.29 is 4.79 Å². The minimum atomic E-state index is -0.214. The second kappa shape index (κ2) is 6.26. The van der Waals surface area contributed by atoms with E-state index in [1.54, 1.807) is 31.2 Å². The van der Waals surface area contributed by atoms with Crippen molar-refractivity contribution in [3.8, 4) is 0 Å². The summed E-state index contributed by atoms with van der Waals surface area (Å²) in [6, 6.07) is 14.4. The molecule has 4 nitrogen and oxygen atoms in total. The molecule has 1 heterocycles. The van der Waals surface area contributed by atoms with Crippen LogP contribution in [0.25, 0.3) is 10.9 Å². The SMILES string of the molecule is Cc1cc2cc(CNC(=O)c3ccccc3Cl)ccc2[nH]c1=O. The molecule has 0 aliphatic heterocycles. The summed E-state index contributed by atoms with van der Waals surface area (Å²) in [5.41, 5.74) is 2.76. The van der Waals surface area contributed by atoms with Gasteiger partial charge in [-0.3, -0.25) is 9.59 Å². The largest absolute Gasteiger partial charge is 0.348 e. The van der Waals surface area contributed by atoms with E-state index in [4.69, 9.17) is 11.6 Å². The maximum Gasteiger partial charge on any atom is 0.253 e. The molecule has 1 amide bonds. The number of rotatable bonds is 3. The minimum absolute atomic E-state index is 0.0859. The van der Waals surface area contributed by atoms with E-state index in [-0.39, 0.29) is 11.5 Å².